The molecule has 1 aromatic rings. The molecule has 0 aromatic heterocycles. The molecule has 0 unspecified atom stereocenters. The van der Waals surface area contributed by atoms with Gasteiger partial charge in [0.25, 0.3) is 0 Å². The predicted octanol–water partition coefficient (Wildman–Crippen LogP) is 1.09. The lowest BCUT2D eigenvalue weighted by molar-refractivity contribution is -0.135. The van der Waals surface area contributed by atoms with Gasteiger partial charge in [-0.3, -0.25) is 9.59 Å². The molecule has 0 bridgehead atoms. The Hall–Kier alpha value is -2.04. The molecule has 0 fully saturated rings. The molecule has 1 aliphatic rings. The van der Waals surface area contributed by atoms with Crippen molar-refractivity contribution in [1.82, 2.24) is 4.90 Å². The van der Waals surface area contributed by atoms with E-state index in [4.69, 9.17) is 5.11 Å². The van der Waals surface area contributed by atoms with Crippen LogP contribution in [0.5, 0.6) is 0 Å². The zero-order chi connectivity index (χ0) is 13.1. The molecule has 0 saturated carbocycles. The minimum Gasteiger partial charge on any atom is -0.480 e. The second kappa shape index (κ2) is 5.08. The number of hydrogen-bond donors (Lipinski definition) is 2. The van der Waals surface area contributed by atoms with Gasteiger partial charge in [0, 0.05) is 18.8 Å². The molecule has 0 aliphatic carbocycles. The maximum Gasteiger partial charge on any atom is 0.322 e. The van der Waals surface area contributed by atoms with Crippen LogP contribution >= 0.6 is 0 Å². The van der Waals surface area contributed by atoms with Gasteiger partial charge in [-0.25, -0.2) is 0 Å². The van der Waals surface area contributed by atoms with Crippen LogP contribution in [0.2, 0.25) is 0 Å². The van der Waals surface area contributed by atoms with Crippen molar-refractivity contribution >= 4 is 17.6 Å². The van der Waals surface area contributed by atoms with Gasteiger partial charge in [-0.1, -0.05) is 12.1 Å². The summed E-state index contributed by atoms with van der Waals surface area (Å²) in [4.78, 5) is 24.2. The molecule has 0 radical (unpaired) electrons. The molecule has 2 rings (SSSR count). The van der Waals surface area contributed by atoms with Crippen LogP contribution in [0.3, 0.4) is 0 Å². The summed E-state index contributed by atoms with van der Waals surface area (Å²) in [7, 11) is 0. The van der Waals surface area contributed by atoms with Gasteiger partial charge in [-0.2, -0.15) is 0 Å². The van der Waals surface area contributed by atoms with Gasteiger partial charge >= 0.3 is 5.97 Å². The highest BCUT2D eigenvalue weighted by Crippen LogP contribution is 2.26. The molecule has 0 spiro atoms. The first kappa shape index (κ1) is 12.4. The Balaban J connectivity index is 2.25. The largest absolute Gasteiger partial charge is 0.480 e. The Morgan fingerprint density at radius 3 is 2.94 bits per heavy atom. The van der Waals surface area contributed by atoms with Gasteiger partial charge in [0.05, 0.1) is 6.42 Å². The Kier molecular flexibility index (Phi) is 3.50. The molecule has 1 aliphatic heterocycles. The molecule has 5 nitrogen and oxygen atoms in total. The fourth-order valence-electron chi connectivity index (χ4n) is 2.17. The van der Waals surface area contributed by atoms with Crippen LogP contribution in [0, 0.1) is 0 Å². The van der Waals surface area contributed by atoms with Crippen LogP contribution in [-0.4, -0.2) is 35.0 Å². The van der Waals surface area contributed by atoms with Crippen LogP contribution in [-0.2, 0) is 22.6 Å². The molecule has 5 heteroatoms. The normalized spacial score (nSPS) is 14.3. The van der Waals surface area contributed by atoms with Crippen molar-refractivity contribution in [2.75, 3.05) is 18.4 Å². The van der Waals surface area contributed by atoms with E-state index in [1.165, 1.54) is 0 Å². The number of likely N-dealkylation sites (N-methyl/N-ethyl adjacent to an activating group) is 1. The predicted molar refractivity (Wildman–Crippen MR) is 67.4 cm³/mol. The van der Waals surface area contributed by atoms with E-state index < -0.39 is 5.97 Å². The van der Waals surface area contributed by atoms with Crippen molar-refractivity contribution in [3.05, 3.63) is 29.3 Å². The second-order valence-corrected chi connectivity index (χ2v) is 4.28. The van der Waals surface area contributed by atoms with Gasteiger partial charge in [-0.15, -0.1) is 0 Å². The molecule has 96 valence electrons. The Morgan fingerprint density at radius 1 is 1.50 bits per heavy atom. The maximum absolute atomic E-state index is 11.9. The molecular formula is C13H16N2O3. The summed E-state index contributed by atoms with van der Waals surface area (Å²) in [6, 6.07) is 5.68. The van der Waals surface area contributed by atoms with Crippen molar-refractivity contribution < 1.29 is 14.7 Å². The van der Waals surface area contributed by atoms with Crippen molar-refractivity contribution in [3.63, 3.8) is 0 Å². The van der Waals surface area contributed by atoms with Gasteiger partial charge in [0.1, 0.15) is 6.54 Å². The number of benzene rings is 1. The number of anilines is 1. The van der Waals surface area contributed by atoms with Gasteiger partial charge in [0.2, 0.25) is 5.91 Å². The van der Waals surface area contributed by atoms with Gasteiger partial charge < -0.3 is 15.3 Å². The Labute approximate surface area is 105 Å². The molecular weight excluding hydrogens is 232 g/mol. The third-order valence-corrected chi connectivity index (χ3v) is 3.13. The topological polar surface area (TPSA) is 69.6 Å². The average Bonchev–Trinajstić information content (AvgIpc) is 2.35. The summed E-state index contributed by atoms with van der Waals surface area (Å²) in [5, 5.41) is 11.5. The van der Waals surface area contributed by atoms with Crippen molar-refractivity contribution in [2.45, 2.75) is 19.9 Å². The molecule has 2 N–H and O–H groups in total. The lowest BCUT2D eigenvalue weighted by atomic mass is 9.97. The molecule has 1 aromatic carbocycles. The van der Waals surface area contributed by atoms with Crippen LogP contribution < -0.4 is 5.32 Å². The fourth-order valence-corrected chi connectivity index (χ4v) is 2.17. The number of carboxylic acid groups (broad SMARTS) is 1. The smallest absolute Gasteiger partial charge is 0.322 e. The molecule has 18 heavy (non-hydrogen) atoms. The third kappa shape index (κ3) is 2.45. The van der Waals surface area contributed by atoms with Crippen molar-refractivity contribution in [3.8, 4) is 0 Å². The quantitative estimate of drug-likeness (QED) is 0.836. The zero-order valence-corrected chi connectivity index (χ0v) is 10.3. The van der Waals surface area contributed by atoms with E-state index in [0.29, 0.717) is 19.5 Å². The van der Waals surface area contributed by atoms with E-state index in [1.54, 1.807) is 4.90 Å². The second-order valence-electron chi connectivity index (χ2n) is 4.28. The highest BCUT2D eigenvalue weighted by atomic mass is 16.4. The molecule has 1 heterocycles. The maximum atomic E-state index is 11.9. The summed E-state index contributed by atoms with van der Waals surface area (Å²) in [5.74, 6) is -0.820. The Morgan fingerprint density at radius 2 is 2.28 bits per heavy atom. The number of amides is 1. The summed E-state index contributed by atoms with van der Waals surface area (Å²) in [6.07, 6.45) is 0.339. The van der Waals surface area contributed by atoms with E-state index in [1.807, 2.05) is 25.1 Å². The first-order chi connectivity index (χ1) is 8.61. The van der Waals surface area contributed by atoms with Crippen LogP contribution in [0.4, 0.5) is 5.69 Å². The van der Waals surface area contributed by atoms with E-state index >= 15 is 0 Å². The minimum absolute atomic E-state index is 0.0922. The lowest BCUT2D eigenvalue weighted by Gasteiger charge is -2.29. The number of carbonyl (C=O) groups is 2. The minimum atomic E-state index is -0.912. The third-order valence-electron chi connectivity index (χ3n) is 3.13. The van der Waals surface area contributed by atoms with E-state index in [9.17, 15) is 9.59 Å². The highest BCUT2D eigenvalue weighted by molar-refractivity contribution is 5.84. The zero-order valence-electron chi connectivity index (χ0n) is 10.3. The monoisotopic (exact) mass is 248 g/mol. The Bertz CT molecular complexity index is 485. The number of hydrogen-bond acceptors (Lipinski definition) is 3. The number of nitrogens with one attached hydrogen (secondary N) is 1. The van der Waals surface area contributed by atoms with E-state index in [2.05, 4.69) is 5.32 Å². The number of fused-ring (bicyclic) bond motifs is 1. The molecule has 1 amide bonds. The van der Waals surface area contributed by atoms with Gasteiger partial charge in [-0.05, 0) is 24.1 Å². The van der Waals surface area contributed by atoms with Crippen molar-refractivity contribution in [2.24, 2.45) is 0 Å². The standard InChI is InChI=1S/C13H16N2O3/c1-2-15-8-9-4-3-5-11(14-7-13(17)18)10(9)6-12(15)16/h3-5,14H,2,6-8H2,1H3,(H,17,18). The summed E-state index contributed by atoms with van der Waals surface area (Å²) in [5.41, 5.74) is 2.76. The van der Waals surface area contributed by atoms with Crippen LogP contribution in [0.25, 0.3) is 0 Å². The number of nitrogens with zero attached hydrogens (tertiary/aromatic N) is 1. The van der Waals surface area contributed by atoms with Gasteiger partial charge in [0.15, 0.2) is 0 Å². The fraction of sp³-hybridized carbons (Fsp3) is 0.385. The number of carbonyl (C=O) groups excluding carboxylic acids is 1. The first-order valence-electron chi connectivity index (χ1n) is 5.96. The molecule has 0 atom stereocenters. The highest BCUT2D eigenvalue weighted by Gasteiger charge is 2.23. The summed E-state index contributed by atoms with van der Waals surface area (Å²) in [6.45, 7) is 3.12. The number of carboxylic acids is 1. The first-order valence-corrected chi connectivity index (χ1v) is 5.96. The van der Waals surface area contributed by atoms with Crippen LogP contribution in [0.1, 0.15) is 18.1 Å². The van der Waals surface area contributed by atoms with E-state index in [-0.39, 0.29) is 12.5 Å². The molecule has 0 saturated heterocycles. The van der Waals surface area contributed by atoms with Crippen molar-refractivity contribution in [1.29, 1.82) is 0 Å². The number of aliphatic carboxylic acids is 1. The SMILES string of the molecule is CCN1Cc2cccc(NCC(=O)O)c2CC1=O. The number of rotatable bonds is 4. The lowest BCUT2D eigenvalue weighted by Crippen LogP contribution is -2.36. The average molecular weight is 248 g/mol. The summed E-state index contributed by atoms with van der Waals surface area (Å²) < 4.78 is 0. The van der Waals surface area contributed by atoms with Crippen LogP contribution in [0.15, 0.2) is 18.2 Å². The summed E-state index contributed by atoms with van der Waals surface area (Å²) >= 11 is 0. The van der Waals surface area contributed by atoms with E-state index in [0.717, 1.165) is 16.8 Å².